The van der Waals surface area contributed by atoms with Gasteiger partial charge < -0.3 is 24.9 Å². The zero-order chi connectivity index (χ0) is 24.4. The standard InChI is InChI=1S/C25H25N3O6/c1-4-25(34-23(31)20(26)12(2)3)17-9-19-21-14(7-13-8-15(29)5-6-18(13)27-21)10-28(19)22(30)16(17)11-33-24(25)32/h5-9,12,20,29H,4,10-11,26H2,1-3H3/t20?,25-/m0/s1. The maximum atomic E-state index is 13.5. The van der Waals surface area contributed by atoms with Crippen LogP contribution in [0.3, 0.4) is 0 Å². The first-order valence-corrected chi connectivity index (χ1v) is 11.2. The maximum Gasteiger partial charge on any atom is 0.355 e. The molecule has 0 saturated carbocycles. The number of cyclic esters (lactones) is 1. The topological polar surface area (TPSA) is 134 Å². The predicted molar refractivity (Wildman–Crippen MR) is 123 cm³/mol. The molecule has 0 spiro atoms. The number of aromatic hydroxyl groups is 1. The molecule has 9 nitrogen and oxygen atoms in total. The molecule has 0 fully saturated rings. The van der Waals surface area contributed by atoms with Gasteiger partial charge in [-0.3, -0.25) is 9.59 Å². The number of esters is 2. The zero-order valence-electron chi connectivity index (χ0n) is 19.1. The van der Waals surface area contributed by atoms with E-state index in [2.05, 4.69) is 0 Å². The van der Waals surface area contributed by atoms with E-state index >= 15 is 0 Å². The SMILES string of the molecule is CC[C@@]1(OC(=O)C(N)C(C)C)C(=O)OCc2c1cc1n(c2=O)Cc2cc3cc(O)ccc3nc2-1. The molecule has 176 valence electrons. The molecule has 5 rings (SSSR count). The van der Waals surface area contributed by atoms with Crippen LogP contribution in [0.5, 0.6) is 5.75 Å². The van der Waals surface area contributed by atoms with Gasteiger partial charge in [0, 0.05) is 16.5 Å². The van der Waals surface area contributed by atoms with Gasteiger partial charge in [-0.25, -0.2) is 9.78 Å². The van der Waals surface area contributed by atoms with Crippen LogP contribution in [0.15, 0.2) is 35.1 Å². The van der Waals surface area contributed by atoms with Crippen molar-refractivity contribution < 1.29 is 24.2 Å². The fourth-order valence-electron chi connectivity index (χ4n) is 4.64. The Balaban J connectivity index is 1.70. The summed E-state index contributed by atoms with van der Waals surface area (Å²) in [5, 5.41) is 10.6. The Bertz CT molecular complexity index is 1430. The van der Waals surface area contributed by atoms with E-state index in [4.69, 9.17) is 20.2 Å². The Labute approximate surface area is 195 Å². The molecule has 3 aromatic rings. The number of phenolic OH excluding ortho intramolecular Hbond substituents is 1. The number of hydrogen-bond acceptors (Lipinski definition) is 8. The second-order valence-electron chi connectivity index (χ2n) is 9.13. The van der Waals surface area contributed by atoms with Gasteiger partial charge >= 0.3 is 11.9 Å². The molecular weight excluding hydrogens is 438 g/mol. The first kappa shape index (κ1) is 22.1. The number of pyridine rings is 2. The molecule has 2 atom stereocenters. The summed E-state index contributed by atoms with van der Waals surface area (Å²) in [5.74, 6) is -1.53. The van der Waals surface area contributed by atoms with Crippen LogP contribution >= 0.6 is 0 Å². The van der Waals surface area contributed by atoms with E-state index in [-0.39, 0.29) is 35.8 Å². The van der Waals surface area contributed by atoms with Crippen molar-refractivity contribution in [3.8, 4) is 17.1 Å². The minimum absolute atomic E-state index is 0.0789. The molecule has 1 unspecified atom stereocenters. The molecule has 2 aliphatic heterocycles. The first-order chi connectivity index (χ1) is 16.2. The molecular formula is C25H25N3O6. The van der Waals surface area contributed by atoms with Gasteiger partial charge in [-0.15, -0.1) is 0 Å². The Morgan fingerprint density at radius 1 is 1.29 bits per heavy atom. The van der Waals surface area contributed by atoms with E-state index < -0.39 is 23.6 Å². The van der Waals surface area contributed by atoms with Gasteiger partial charge in [0.25, 0.3) is 5.56 Å². The second-order valence-corrected chi connectivity index (χ2v) is 9.13. The zero-order valence-corrected chi connectivity index (χ0v) is 19.1. The van der Waals surface area contributed by atoms with Crippen molar-refractivity contribution in [2.45, 2.75) is 52.0 Å². The fourth-order valence-corrected chi connectivity index (χ4v) is 4.64. The van der Waals surface area contributed by atoms with Gasteiger partial charge in [-0.1, -0.05) is 20.8 Å². The van der Waals surface area contributed by atoms with Crippen LogP contribution in [0.25, 0.3) is 22.3 Å². The highest BCUT2D eigenvalue weighted by atomic mass is 16.6. The molecule has 0 radical (unpaired) electrons. The van der Waals surface area contributed by atoms with Crippen LogP contribution in [0, 0.1) is 5.92 Å². The van der Waals surface area contributed by atoms with Gasteiger partial charge in [0.05, 0.1) is 29.0 Å². The molecule has 0 amide bonds. The Hall–Kier alpha value is -3.72. The Kier molecular flexibility index (Phi) is 4.98. The van der Waals surface area contributed by atoms with E-state index in [1.165, 1.54) is 0 Å². The van der Waals surface area contributed by atoms with E-state index in [1.54, 1.807) is 49.6 Å². The van der Waals surface area contributed by atoms with Gasteiger partial charge in [-0.05, 0) is 42.7 Å². The van der Waals surface area contributed by atoms with Gasteiger partial charge in [-0.2, -0.15) is 0 Å². The molecule has 0 aliphatic carbocycles. The van der Waals surface area contributed by atoms with Gasteiger partial charge in [0.15, 0.2) is 0 Å². The minimum Gasteiger partial charge on any atom is -0.508 e. The van der Waals surface area contributed by atoms with E-state index in [9.17, 15) is 19.5 Å². The smallest absolute Gasteiger partial charge is 0.355 e. The second kappa shape index (κ2) is 7.66. The molecule has 2 aliphatic rings. The molecule has 2 aromatic heterocycles. The molecule has 9 heteroatoms. The monoisotopic (exact) mass is 463 g/mol. The maximum absolute atomic E-state index is 13.5. The number of phenols is 1. The normalized spacial score (nSPS) is 19.4. The highest BCUT2D eigenvalue weighted by Gasteiger charge is 2.51. The number of carbonyl (C=O) groups is 2. The van der Waals surface area contributed by atoms with Gasteiger partial charge in [0.2, 0.25) is 5.60 Å². The minimum atomic E-state index is -1.77. The number of nitrogens with two attached hydrogens (primary N) is 1. The number of hydrogen-bond donors (Lipinski definition) is 2. The van der Waals surface area contributed by atoms with Crippen LogP contribution in [0.4, 0.5) is 0 Å². The summed E-state index contributed by atoms with van der Waals surface area (Å²) in [6.07, 6.45) is 0.0789. The van der Waals surface area contributed by atoms with Crippen molar-refractivity contribution in [3.63, 3.8) is 0 Å². The van der Waals surface area contributed by atoms with E-state index in [0.29, 0.717) is 29.0 Å². The first-order valence-electron chi connectivity index (χ1n) is 11.2. The highest BCUT2D eigenvalue weighted by molar-refractivity contribution is 5.89. The van der Waals surface area contributed by atoms with Gasteiger partial charge in [0.1, 0.15) is 18.4 Å². The lowest BCUT2D eigenvalue weighted by atomic mass is 9.85. The summed E-state index contributed by atoms with van der Waals surface area (Å²) in [7, 11) is 0. The fraction of sp³-hybridized carbons (Fsp3) is 0.360. The Morgan fingerprint density at radius 2 is 2.06 bits per heavy atom. The summed E-state index contributed by atoms with van der Waals surface area (Å²) < 4.78 is 12.7. The van der Waals surface area contributed by atoms with Crippen molar-refractivity contribution in [2.24, 2.45) is 11.7 Å². The quantitative estimate of drug-likeness (QED) is 0.441. The number of nitrogens with zero attached hydrogens (tertiary/aromatic N) is 2. The lowest BCUT2D eigenvalue weighted by Crippen LogP contribution is -2.50. The largest absolute Gasteiger partial charge is 0.508 e. The highest BCUT2D eigenvalue weighted by Crippen LogP contribution is 2.41. The third-order valence-electron chi connectivity index (χ3n) is 6.72. The lowest BCUT2D eigenvalue weighted by Gasteiger charge is -2.36. The van der Waals surface area contributed by atoms with Crippen LogP contribution in [-0.4, -0.2) is 32.6 Å². The molecule has 3 N–H and O–H groups in total. The molecule has 1 aromatic carbocycles. The van der Waals surface area contributed by atoms with Crippen molar-refractivity contribution in [2.75, 3.05) is 0 Å². The average molecular weight is 463 g/mol. The lowest BCUT2D eigenvalue weighted by molar-refractivity contribution is -0.190. The number of ether oxygens (including phenoxy) is 2. The number of aromatic nitrogens is 2. The predicted octanol–water partition coefficient (Wildman–Crippen LogP) is 2.32. The summed E-state index contributed by atoms with van der Waals surface area (Å²) in [6.45, 7) is 5.34. The number of rotatable bonds is 4. The third kappa shape index (κ3) is 3.11. The number of fused-ring (bicyclic) bond motifs is 5. The average Bonchev–Trinajstić information content (AvgIpc) is 3.16. The Morgan fingerprint density at radius 3 is 2.76 bits per heavy atom. The molecule has 0 saturated heterocycles. The molecule has 4 heterocycles. The van der Waals surface area contributed by atoms with Crippen LogP contribution in [0.2, 0.25) is 0 Å². The van der Waals surface area contributed by atoms with Crippen molar-refractivity contribution >= 4 is 22.8 Å². The van der Waals surface area contributed by atoms with Crippen LogP contribution < -0.4 is 11.3 Å². The molecule has 34 heavy (non-hydrogen) atoms. The number of benzene rings is 1. The van der Waals surface area contributed by atoms with Crippen molar-refractivity contribution in [1.82, 2.24) is 9.55 Å². The van der Waals surface area contributed by atoms with Crippen molar-refractivity contribution in [3.05, 3.63) is 57.4 Å². The van der Waals surface area contributed by atoms with E-state index in [1.807, 2.05) is 6.07 Å². The summed E-state index contributed by atoms with van der Waals surface area (Å²) in [5.41, 5.74) is 7.08. The summed E-state index contributed by atoms with van der Waals surface area (Å²) in [6, 6.07) is 7.53. The summed E-state index contributed by atoms with van der Waals surface area (Å²) >= 11 is 0. The van der Waals surface area contributed by atoms with E-state index in [0.717, 1.165) is 10.9 Å². The molecule has 0 bridgehead atoms. The van der Waals surface area contributed by atoms with Crippen molar-refractivity contribution in [1.29, 1.82) is 0 Å². The van der Waals surface area contributed by atoms with Crippen LogP contribution in [-0.2, 0) is 37.8 Å². The number of carbonyl (C=O) groups excluding carboxylic acids is 2. The van der Waals surface area contributed by atoms with Crippen LogP contribution in [0.1, 0.15) is 43.9 Å². The third-order valence-corrected chi connectivity index (χ3v) is 6.72. The summed E-state index contributed by atoms with van der Waals surface area (Å²) in [4.78, 5) is 44.0.